The summed E-state index contributed by atoms with van der Waals surface area (Å²) in [5.41, 5.74) is 1.24. The summed E-state index contributed by atoms with van der Waals surface area (Å²) in [4.78, 5) is 12.6. The normalized spacial score (nSPS) is 10.7. The summed E-state index contributed by atoms with van der Waals surface area (Å²) in [6, 6.07) is 14.1. The van der Waals surface area contributed by atoms with E-state index in [4.69, 9.17) is 0 Å². The third-order valence-electron chi connectivity index (χ3n) is 2.50. The van der Waals surface area contributed by atoms with Crippen LogP contribution in [0.3, 0.4) is 0 Å². The number of carbonyl (C=O) groups excluding carboxylic acids is 1. The number of hydrogen-bond acceptors (Lipinski definition) is 2. The van der Waals surface area contributed by atoms with Crippen LogP contribution in [-0.4, -0.2) is 12.5 Å². The molecule has 18 heavy (non-hydrogen) atoms. The van der Waals surface area contributed by atoms with Gasteiger partial charge in [0.05, 0.1) is 0 Å². The zero-order chi connectivity index (χ0) is 12.6. The summed E-state index contributed by atoms with van der Waals surface area (Å²) in [5.74, 6) is -0.0423. The molecule has 0 saturated carbocycles. The second-order valence-electron chi connectivity index (χ2n) is 3.88. The van der Waals surface area contributed by atoms with Crippen LogP contribution in [0.25, 0.3) is 6.08 Å². The number of nitrogens with one attached hydrogen (secondary N) is 1. The van der Waals surface area contributed by atoms with Crippen molar-refractivity contribution in [3.05, 3.63) is 64.4 Å². The van der Waals surface area contributed by atoms with Crippen LogP contribution in [0, 0.1) is 0 Å². The molecule has 1 aromatic heterocycles. The van der Waals surface area contributed by atoms with E-state index >= 15 is 0 Å². The number of hydrogen-bond donors (Lipinski definition) is 1. The van der Waals surface area contributed by atoms with E-state index in [-0.39, 0.29) is 5.91 Å². The van der Waals surface area contributed by atoms with Crippen molar-refractivity contribution in [2.45, 2.75) is 6.42 Å². The lowest BCUT2D eigenvalue weighted by atomic mass is 10.1. The highest BCUT2D eigenvalue weighted by molar-refractivity contribution is 7.10. The molecule has 0 bridgehead atoms. The molecule has 2 nitrogen and oxygen atoms in total. The summed E-state index contributed by atoms with van der Waals surface area (Å²) < 4.78 is 0. The molecule has 0 atom stereocenters. The van der Waals surface area contributed by atoms with Crippen molar-refractivity contribution in [1.29, 1.82) is 0 Å². The van der Waals surface area contributed by atoms with Gasteiger partial charge in [-0.05, 0) is 29.5 Å². The van der Waals surface area contributed by atoms with Crippen molar-refractivity contribution in [1.82, 2.24) is 5.32 Å². The lowest BCUT2D eigenvalue weighted by Gasteiger charge is -2.02. The number of rotatable bonds is 5. The predicted molar refractivity (Wildman–Crippen MR) is 76.5 cm³/mol. The van der Waals surface area contributed by atoms with Crippen molar-refractivity contribution in [2.75, 3.05) is 6.54 Å². The van der Waals surface area contributed by atoms with E-state index in [1.54, 1.807) is 17.4 Å². The van der Waals surface area contributed by atoms with Crippen LogP contribution in [0.1, 0.15) is 10.4 Å². The monoisotopic (exact) mass is 257 g/mol. The van der Waals surface area contributed by atoms with Crippen LogP contribution in [0.15, 0.2) is 53.9 Å². The maximum Gasteiger partial charge on any atom is 0.244 e. The van der Waals surface area contributed by atoms with Gasteiger partial charge < -0.3 is 5.32 Å². The smallest absolute Gasteiger partial charge is 0.244 e. The predicted octanol–water partition coefficient (Wildman–Crippen LogP) is 3.12. The van der Waals surface area contributed by atoms with Crippen LogP contribution in [-0.2, 0) is 11.2 Å². The van der Waals surface area contributed by atoms with Crippen LogP contribution >= 0.6 is 11.3 Å². The Bertz CT molecular complexity index is 503. The molecule has 2 aromatic rings. The number of benzene rings is 1. The molecule has 0 unspecified atom stereocenters. The molecule has 1 aromatic carbocycles. The second kappa shape index (κ2) is 6.77. The van der Waals surface area contributed by atoms with Gasteiger partial charge in [-0.1, -0.05) is 36.4 Å². The molecule has 3 heteroatoms. The van der Waals surface area contributed by atoms with E-state index in [1.807, 2.05) is 41.8 Å². The minimum absolute atomic E-state index is 0.0423. The summed E-state index contributed by atoms with van der Waals surface area (Å²) in [6.07, 6.45) is 4.28. The molecule has 92 valence electrons. The number of amides is 1. The van der Waals surface area contributed by atoms with Gasteiger partial charge in [-0.2, -0.15) is 0 Å². The first kappa shape index (κ1) is 12.6. The Kier molecular flexibility index (Phi) is 4.73. The van der Waals surface area contributed by atoms with Crippen LogP contribution in [0.5, 0.6) is 0 Å². The van der Waals surface area contributed by atoms with Gasteiger partial charge in [0.15, 0.2) is 0 Å². The quantitative estimate of drug-likeness (QED) is 0.819. The van der Waals surface area contributed by atoms with Gasteiger partial charge in [-0.3, -0.25) is 4.79 Å². The largest absolute Gasteiger partial charge is 0.352 e. The maximum absolute atomic E-state index is 11.5. The van der Waals surface area contributed by atoms with Crippen molar-refractivity contribution in [3.8, 4) is 0 Å². The van der Waals surface area contributed by atoms with Crippen molar-refractivity contribution in [3.63, 3.8) is 0 Å². The Morgan fingerprint density at radius 3 is 2.72 bits per heavy atom. The van der Waals surface area contributed by atoms with Gasteiger partial charge in [0, 0.05) is 17.5 Å². The van der Waals surface area contributed by atoms with E-state index < -0.39 is 0 Å². The summed E-state index contributed by atoms with van der Waals surface area (Å²) in [5, 5.41) is 4.87. The van der Waals surface area contributed by atoms with Crippen molar-refractivity contribution < 1.29 is 4.79 Å². The Hall–Kier alpha value is -1.87. The lowest BCUT2D eigenvalue weighted by molar-refractivity contribution is -0.116. The van der Waals surface area contributed by atoms with Crippen molar-refractivity contribution >= 4 is 23.3 Å². The minimum Gasteiger partial charge on any atom is -0.352 e. The second-order valence-corrected chi connectivity index (χ2v) is 4.85. The number of carbonyl (C=O) groups is 1. The molecule has 0 aliphatic carbocycles. The zero-order valence-electron chi connectivity index (χ0n) is 10.0. The molecule has 0 radical (unpaired) electrons. The molecule has 2 rings (SSSR count). The van der Waals surface area contributed by atoms with Gasteiger partial charge in [-0.15, -0.1) is 11.3 Å². The molecule has 1 heterocycles. The van der Waals surface area contributed by atoms with E-state index in [1.165, 1.54) is 5.56 Å². The molecule has 0 fully saturated rings. The van der Waals surface area contributed by atoms with Gasteiger partial charge >= 0.3 is 0 Å². The minimum atomic E-state index is -0.0423. The highest BCUT2D eigenvalue weighted by atomic mass is 32.1. The summed E-state index contributed by atoms with van der Waals surface area (Å²) in [6.45, 7) is 0.664. The zero-order valence-corrected chi connectivity index (χ0v) is 10.8. The molecular formula is C15H15NOS. The summed E-state index contributed by atoms with van der Waals surface area (Å²) >= 11 is 1.62. The van der Waals surface area contributed by atoms with Gasteiger partial charge in [-0.25, -0.2) is 0 Å². The molecular weight excluding hydrogens is 242 g/mol. The highest BCUT2D eigenvalue weighted by Crippen LogP contribution is 2.09. The third kappa shape index (κ3) is 4.18. The first-order valence-electron chi connectivity index (χ1n) is 5.88. The maximum atomic E-state index is 11.5. The molecule has 0 aliphatic rings. The molecule has 0 saturated heterocycles. The third-order valence-corrected chi connectivity index (χ3v) is 3.34. The Morgan fingerprint density at radius 2 is 2.00 bits per heavy atom. The lowest BCUT2D eigenvalue weighted by Crippen LogP contribution is -2.23. The fourth-order valence-electron chi connectivity index (χ4n) is 1.58. The average Bonchev–Trinajstić information content (AvgIpc) is 2.91. The standard InChI is InChI=1S/C15H15NOS/c17-15(9-8-14-7-4-12-18-14)16-11-10-13-5-2-1-3-6-13/h1-9,12H,10-11H2,(H,16,17). The van der Waals surface area contributed by atoms with E-state index in [9.17, 15) is 4.79 Å². The molecule has 1 amide bonds. The summed E-state index contributed by atoms with van der Waals surface area (Å²) in [7, 11) is 0. The Labute approximate surface area is 111 Å². The van der Waals surface area contributed by atoms with Crippen molar-refractivity contribution in [2.24, 2.45) is 0 Å². The highest BCUT2D eigenvalue weighted by Gasteiger charge is 1.96. The molecule has 0 spiro atoms. The van der Waals surface area contributed by atoms with Gasteiger partial charge in [0.25, 0.3) is 0 Å². The number of thiophene rings is 1. The average molecular weight is 257 g/mol. The van der Waals surface area contributed by atoms with E-state index in [2.05, 4.69) is 17.4 Å². The van der Waals surface area contributed by atoms with Gasteiger partial charge in [0.2, 0.25) is 5.91 Å². The Morgan fingerprint density at radius 1 is 1.17 bits per heavy atom. The fourth-order valence-corrected chi connectivity index (χ4v) is 2.20. The molecule has 1 N–H and O–H groups in total. The SMILES string of the molecule is O=C(C=Cc1cccs1)NCCc1ccccc1. The first-order chi connectivity index (χ1) is 8.84. The van der Waals surface area contributed by atoms with E-state index in [0.29, 0.717) is 6.54 Å². The van der Waals surface area contributed by atoms with Crippen LogP contribution < -0.4 is 5.32 Å². The van der Waals surface area contributed by atoms with Crippen LogP contribution in [0.2, 0.25) is 0 Å². The van der Waals surface area contributed by atoms with E-state index in [0.717, 1.165) is 11.3 Å². The fraction of sp³-hybridized carbons (Fsp3) is 0.133. The Balaban J connectivity index is 1.72. The molecule has 0 aliphatic heterocycles. The topological polar surface area (TPSA) is 29.1 Å². The first-order valence-corrected chi connectivity index (χ1v) is 6.76. The van der Waals surface area contributed by atoms with Gasteiger partial charge in [0.1, 0.15) is 0 Å². The van der Waals surface area contributed by atoms with Crippen LogP contribution in [0.4, 0.5) is 0 Å².